The van der Waals surface area contributed by atoms with Gasteiger partial charge >= 0.3 is 0 Å². The van der Waals surface area contributed by atoms with Crippen molar-refractivity contribution in [3.05, 3.63) is 59.4 Å². The maximum atomic E-state index is 13.2. The van der Waals surface area contributed by atoms with E-state index in [2.05, 4.69) is 20.6 Å². The maximum absolute atomic E-state index is 13.2. The van der Waals surface area contributed by atoms with Crippen LogP contribution >= 0.6 is 0 Å². The number of carbonyl (C=O) groups is 1. The summed E-state index contributed by atoms with van der Waals surface area (Å²) >= 11 is 0. The number of aryl methyl sites for hydroxylation is 2. The average Bonchev–Trinajstić information content (AvgIpc) is 3.39. The standard InChI is InChI=1S/C21H19N5O2/c1-12-10-17(24-26(12)2)23-20(27)15-11-16(13-8-9-13)22-21-18(15)19(25-28-21)14-6-4-3-5-7-14/h3-7,10-11,13H,8-9H2,1-2H3,(H,23,24,27). The second-order valence-corrected chi connectivity index (χ2v) is 7.20. The molecule has 1 fully saturated rings. The molecular weight excluding hydrogens is 354 g/mol. The fourth-order valence-electron chi connectivity index (χ4n) is 3.34. The van der Waals surface area contributed by atoms with Gasteiger partial charge in [0, 0.05) is 36.0 Å². The molecule has 28 heavy (non-hydrogen) atoms. The molecule has 140 valence electrons. The highest BCUT2D eigenvalue weighted by atomic mass is 16.5. The highest BCUT2D eigenvalue weighted by Crippen LogP contribution is 2.41. The van der Waals surface area contributed by atoms with Crippen LogP contribution in [0.25, 0.3) is 22.4 Å². The molecule has 1 aliphatic rings. The first-order chi connectivity index (χ1) is 13.6. The summed E-state index contributed by atoms with van der Waals surface area (Å²) in [5.41, 5.74) is 4.24. The summed E-state index contributed by atoms with van der Waals surface area (Å²) in [7, 11) is 1.84. The van der Waals surface area contributed by atoms with E-state index in [1.807, 2.05) is 56.4 Å². The number of fused-ring (bicyclic) bond motifs is 1. The number of hydrogen-bond donors (Lipinski definition) is 1. The van der Waals surface area contributed by atoms with E-state index in [-0.39, 0.29) is 5.91 Å². The van der Waals surface area contributed by atoms with Crippen LogP contribution in [0.5, 0.6) is 0 Å². The number of benzene rings is 1. The van der Waals surface area contributed by atoms with E-state index in [0.717, 1.165) is 29.8 Å². The molecule has 3 heterocycles. The lowest BCUT2D eigenvalue weighted by Crippen LogP contribution is -2.14. The molecule has 7 nitrogen and oxygen atoms in total. The Morgan fingerprint density at radius 3 is 2.68 bits per heavy atom. The number of rotatable bonds is 4. The van der Waals surface area contributed by atoms with Crippen molar-refractivity contribution in [3.8, 4) is 11.3 Å². The number of pyridine rings is 1. The smallest absolute Gasteiger partial charge is 0.259 e. The third-order valence-electron chi connectivity index (χ3n) is 5.11. The molecule has 3 aromatic heterocycles. The zero-order valence-electron chi connectivity index (χ0n) is 15.6. The number of nitrogens with one attached hydrogen (secondary N) is 1. The fourth-order valence-corrected chi connectivity index (χ4v) is 3.34. The molecule has 0 atom stereocenters. The number of hydrogen-bond acceptors (Lipinski definition) is 5. The van der Waals surface area contributed by atoms with Crippen molar-refractivity contribution >= 4 is 22.8 Å². The number of carbonyl (C=O) groups excluding carboxylic acids is 1. The molecule has 0 unspecified atom stereocenters. The number of anilines is 1. The van der Waals surface area contributed by atoms with E-state index in [9.17, 15) is 4.79 Å². The first-order valence-corrected chi connectivity index (χ1v) is 9.28. The first-order valence-electron chi connectivity index (χ1n) is 9.28. The van der Waals surface area contributed by atoms with Crippen molar-refractivity contribution in [1.29, 1.82) is 0 Å². The van der Waals surface area contributed by atoms with Crippen molar-refractivity contribution < 1.29 is 9.32 Å². The van der Waals surface area contributed by atoms with Gasteiger partial charge in [-0.25, -0.2) is 4.98 Å². The van der Waals surface area contributed by atoms with Gasteiger partial charge in [-0.1, -0.05) is 35.5 Å². The van der Waals surface area contributed by atoms with Gasteiger partial charge in [0.1, 0.15) is 5.69 Å². The molecule has 0 saturated heterocycles. The van der Waals surface area contributed by atoms with E-state index < -0.39 is 0 Å². The van der Waals surface area contributed by atoms with E-state index in [4.69, 9.17) is 4.52 Å². The van der Waals surface area contributed by atoms with Gasteiger partial charge < -0.3 is 9.84 Å². The molecule has 0 bridgehead atoms. The molecule has 0 spiro atoms. The SMILES string of the molecule is Cc1cc(NC(=O)c2cc(C3CC3)nc3onc(-c4ccccc4)c23)nn1C. The Balaban J connectivity index is 1.64. The Bertz CT molecular complexity index is 1170. The minimum absolute atomic E-state index is 0.243. The molecule has 1 aromatic carbocycles. The minimum Gasteiger partial charge on any atom is -0.335 e. The molecule has 7 heteroatoms. The number of aromatic nitrogens is 4. The Kier molecular flexibility index (Phi) is 3.75. The average molecular weight is 373 g/mol. The van der Waals surface area contributed by atoms with Gasteiger partial charge in [-0.05, 0) is 25.8 Å². The molecule has 1 amide bonds. The molecule has 1 aliphatic carbocycles. The Labute approximate surface area is 161 Å². The van der Waals surface area contributed by atoms with Gasteiger partial charge in [-0.2, -0.15) is 5.10 Å². The highest BCUT2D eigenvalue weighted by molar-refractivity contribution is 6.14. The summed E-state index contributed by atoms with van der Waals surface area (Å²) in [6, 6.07) is 13.4. The zero-order chi connectivity index (χ0) is 19.3. The van der Waals surface area contributed by atoms with Crippen molar-refractivity contribution in [3.63, 3.8) is 0 Å². The summed E-state index contributed by atoms with van der Waals surface area (Å²) in [4.78, 5) is 17.8. The summed E-state index contributed by atoms with van der Waals surface area (Å²) < 4.78 is 7.25. The predicted molar refractivity (Wildman–Crippen MR) is 105 cm³/mol. The summed E-state index contributed by atoms with van der Waals surface area (Å²) in [6.45, 7) is 1.94. The monoisotopic (exact) mass is 373 g/mol. The van der Waals surface area contributed by atoms with Crippen LogP contribution in [0.15, 0.2) is 47.0 Å². The van der Waals surface area contributed by atoms with Crippen LogP contribution in [0.2, 0.25) is 0 Å². The third kappa shape index (κ3) is 2.85. The topological polar surface area (TPSA) is 85.8 Å². The Morgan fingerprint density at radius 2 is 2.00 bits per heavy atom. The lowest BCUT2D eigenvalue weighted by molar-refractivity contribution is 0.102. The van der Waals surface area contributed by atoms with Gasteiger partial charge in [0.2, 0.25) is 0 Å². The molecule has 4 aromatic rings. The molecule has 5 rings (SSSR count). The van der Waals surface area contributed by atoms with Gasteiger partial charge in [-0.3, -0.25) is 9.48 Å². The quantitative estimate of drug-likeness (QED) is 0.583. The molecular formula is C21H19N5O2. The number of amides is 1. The molecule has 1 saturated carbocycles. The Morgan fingerprint density at radius 1 is 1.21 bits per heavy atom. The highest BCUT2D eigenvalue weighted by Gasteiger charge is 2.29. The van der Waals surface area contributed by atoms with Crippen LogP contribution in [-0.4, -0.2) is 25.8 Å². The van der Waals surface area contributed by atoms with Gasteiger partial charge in [0.25, 0.3) is 11.6 Å². The largest absolute Gasteiger partial charge is 0.335 e. The normalized spacial score (nSPS) is 13.8. The van der Waals surface area contributed by atoms with Crippen molar-refractivity contribution in [2.75, 3.05) is 5.32 Å². The van der Waals surface area contributed by atoms with Crippen molar-refractivity contribution in [1.82, 2.24) is 19.9 Å². The maximum Gasteiger partial charge on any atom is 0.259 e. The summed E-state index contributed by atoms with van der Waals surface area (Å²) in [6.07, 6.45) is 2.16. The summed E-state index contributed by atoms with van der Waals surface area (Å²) in [5.74, 6) is 0.659. The van der Waals surface area contributed by atoms with E-state index in [1.54, 1.807) is 4.68 Å². The zero-order valence-corrected chi connectivity index (χ0v) is 15.6. The van der Waals surface area contributed by atoms with Crippen molar-refractivity contribution in [2.24, 2.45) is 7.05 Å². The van der Waals surface area contributed by atoms with Crippen LogP contribution in [0.1, 0.15) is 40.5 Å². The first kappa shape index (κ1) is 16.7. The lowest BCUT2D eigenvalue weighted by Gasteiger charge is -2.07. The van der Waals surface area contributed by atoms with Crippen LogP contribution in [0.3, 0.4) is 0 Å². The number of nitrogens with zero attached hydrogens (tertiary/aromatic N) is 4. The van der Waals surface area contributed by atoms with Gasteiger partial charge in [0.05, 0.1) is 10.9 Å². The van der Waals surface area contributed by atoms with Crippen LogP contribution in [0, 0.1) is 6.92 Å². The van der Waals surface area contributed by atoms with E-state index in [0.29, 0.717) is 34.1 Å². The molecule has 1 N–H and O–H groups in total. The molecule has 0 radical (unpaired) electrons. The second kappa shape index (κ2) is 6.30. The summed E-state index contributed by atoms with van der Waals surface area (Å²) in [5, 5.41) is 12.1. The third-order valence-corrected chi connectivity index (χ3v) is 5.11. The van der Waals surface area contributed by atoms with E-state index >= 15 is 0 Å². The fraction of sp³-hybridized carbons (Fsp3) is 0.238. The van der Waals surface area contributed by atoms with Gasteiger partial charge in [-0.15, -0.1) is 0 Å². The van der Waals surface area contributed by atoms with Crippen molar-refractivity contribution in [2.45, 2.75) is 25.7 Å². The van der Waals surface area contributed by atoms with Crippen LogP contribution < -0.4 is 5.32 Å². The second-order valence-electron chi connectivity index (χ2n) is 7.20. The predicted octanol–water partition coefficient (Wildman–Crippen LogP) is 4.06. The van der Waals surface area contributed by atoms with E-state index in [1.165, 1.54) is 0 Å². The van der Waals surface area contributed by atoms with Crippen LogP contribution in [-0.2, 0) is 7.05 Å². The minimum atomic E-state index is -0.243. The molecule has 0 aliphatic heterocycles. The lowest BCUT2D eigenvalue weighted by atomic mass is 10.0. The van der Waals surface area contributed by atoms with Gasteiger partial charge in [0.15, 0.2) is 5.82 Å². The van der Waals surface area contributed by atoms with Crippen LogP contribution in [0.4, 0.5) is 5.82 Å². The Hall–Kier alpha value is -3.48.